The van der Waals surface area contributed by atoms with Crippen LogP contribution in [0.1, 0.15) is 100 Å². The quantitative estimate of drug-likeness (QED) is 0.133. The van der Waals surface area contributed by atoms with Crippen LogP contribution in [0.2, 0.25) is 0 Å². The van der Waals surface area contributed by atoms with Gasteiger partial charge in [-0.2, -0.15) is 0 Å². The third-order valence-corrected chi connectivity index (χ3v) is 12.4. The standard InChI is InChI=1S/C46H49N7O5/c1-5-26(2)20-40(54)53-27(3)13-18-38(53)43-47-24-36(49-43)30-14-16-32-31(21-30)25-58-39-23-33-29(22-34(32)39)15-17-35-42(33)50-44(48-35)37-12-9-19-52(37)45(55)41(51-46(56)57-4)28-10-7-6-8-11-28/h6-8,10-11,14-17,21-24,26-27,37-38,41H,5,9,12-13,18-20,25H2,1-4H3,(H,47,49)(H,48,50)(H,51,56)/t26?,27-,37?,38?,41?/m0/s1. The summed E-state index contributed by atoms with van der Waals surface area (Å²) in [6.45, 7) is 7.39. The van der Waals surface area contributed by atoms with Crippen LogP contribution in [0.3, 0.4) is 0 Å². The number of nitrogens with one attached hydrogen (secondary N) is 3. The molecule has 5 atom stereocenters. The fourth-order valence-corrected chi connectivity index (χ4v) is 9.09. The molecule has 0 spiro atoms. The number of nitrogens with zero attached hydrogens (tertiary/aromatic N) is 4. The van der Waals surface area contributed by atoms with Crippen LogP contribution in [0.4, 0.5) is 4.79 Å². The second-order valence-corrected chi connectivity index (χ2v) is 16.1. The molecule has 58 heavy (non-hydrogen) atoms. The molecule has 3 amide bonds. The molecule has 0 saturated carbocycles. The number of amides is 3. The molecule has 4 aromatic carbocycles. The summed E-state index contributed by atoms with van der Waals surface area (Å²) in [6.07, 6.45) is 6.20. The second kappa shape index (κ2) is 15.3. The Labute approximate surface area is 337 Å². The van der Waals surface area contributed by atoms with Gasteiger partial charge in [0.1, 0.15) is 30.0 Å². The van der Waals surface area contributed by atoms with E-state index in [0.29, 0.717) is 36.9 Å². The molecule has 2 aromatic heterocycles. The average Bonchev–Trinajstić information content (AvgIpc) is 4.08. The number of methoxy groups -OCH3 is 1. The number of aromatic amines is 2. The highest BCUT2D eigenvalue weighted by atomic mass is 16.5. The summed E-state index contributed by atoms with van der Waals surface area (Å²) in [7, 11) is 1.29. The number of benzene rings is 4. The number of carbonyl (C=O) groups is 3. The van der Waals surface area contributed by atoms with Gasteiger partial charge in [0, 0.05) is 30.0 Å². The van der Waals surface area contributed by atoms with Gasteiger partial charge in [-0.15, -0.1) is 0 Å². The summed E-state index contributed by atoms with van der Waals surface area (Å²) in [5.74, 6) is 2.71. The summed E-state index contributed by atoms with van der Waals surface area (Å²) in [5.41, 5.74) is 7.56. The fraction of sp³-hybridized carbons (Fsp3) is 0.370. The Morgan fingerprint density at radius 3 is 2.62 bits per heavy atom. The van der Waals surface area contributed by atoms with Crippen molar-refractivity contribution in [2.75, 3.05) is 13.7 Å². The molecule has 4 unspecified atom stereocenters. The molecule has 3 aliphatic heterocycles. The van der Waals surface area contributed by atoms with Crippen LogP contribution in [0.5, 0.6) is 5.75 Å². The Morgan fingerprint density at radius 2 is 1.81 bits per heavy atom. The number of alkyl carbamates (subject to hydrolysis) is 1. The van der Waals surface area contributed by atoms with Gasteiger partial charge in [-0.3, -0.25) is 9.59 Å². The van der Waals surface area contributed by atoms with Crippen LogP contribution >= 0.6 is 0 Å². The molecule has 0 radical (unpaired) electrons. The number of ether oxygens (including phenoxy) is 2. The number of hydrogen-bond acceptors (Lipinski definition) is 7. The summed E-state index contributed by atoms with van der Waals surface area (Å²) in [4.78, 5) is 60.6. The summed E-state index contributed by atoms with van der Waals surface area (Å²) < 4.78 is 11.3. The minimum atomic E-state index is -0.887. The van der Waals surface area contributed by atoms with Crippen molar-refractivity contribution in [1.82, 2.24) is 35.1 Å². The Bertz CT molecular complexity index is 2530. The first-order valence-electron chi connectivity index (χ1n) is 20.5. The lowest BCUT2D eigenvalue weighted by Crippen LogP contribution is -2.42. The van der Waals surface area contributed by atoms with Gasteiger partial charge in [-0.05, 0) is 90.4 Å². The fourth-order valence-electron chi connectivity index (χ4n) is 9.09. The zero-order valence-electron chi connectivity index (χ0n) is 33.4. The number of hydrogen-bond donors (Lipinski definition) is 3. The zero-order chi connectivity index (χ0) is 40.1. The molecule has 9 rings (SSSR count). The number of likely N-dealkylation sites (tertiary alicyclic amines) is 2. The second-order valence-electron chi connectivity index (χ2n) is 16.1. The number of fused-ring (bicyclic) bond motifs is 6. The molecular formula is C46H49N7O5. The van der Waals surface area contributed by atoms with Crippen molar-refractivity contribution >= 4 is 39.7 Å². The lowest BCUT2D eigenvalue weighted by molar-refractivity contribution is -0.135. The molecule has 12 heteroatoms. The highest BCUT2D eigenvalue weighted by Crippen LogP contribution is 2.44. The van der Waals surface area contributed by atoms with Gasteiger partial charge in [-0.25, -0.2) is 14.8 Å². The summed E-state index contributed by atoms with van der Waals surface area (Å²) in [6, 6.07) is 23.1. The Balaban J connectivity index is 0.973. The number of aromatic nitrogens is 4. The van der Waals surface area contributed by atoms with Crippen molar-refractivity contribution in [3.63, 3.8) is 0 Å². The van der Waals surface area contributed by atoms with Crippen molar-refractivity contribution < 1.29 is 23.9 Å². The minimum Gasteiger partial charge on any atom is -0.488 e. The van der Waals surface area contributed by atoms with E-state index in [1.54, 1.807) is 0 Å². The number of imidazole rings is 2. The SMILES string of the molecule is CCC(C)CC(=O)N1C(c2ncc(-c3ccc4c(c3)COc3cc5c(ccc6[nH]c(C7CCCN7C(=O)C(NC(=O)OC)c7ccccc7)nc65)cc3-4)[nH]2)CC[C@@H]1C. The molecule has 6 aromatic rings. The van der Waals surface area contributed by atoms with Gasteiger partial charge in [0.25, 0.3) is 5.91 Å². The van der Waals surface area contributed by atoms with Gasteiger partial charge < -0.3 is 34.6 Å². The molecule has 0 bridgehead atoms. The van der Waals surface area contributed by atoms with Crippen LogP contribution in [0.15, 0.2) is 79.0 Å². The predicted molar refractivity (Wildman–Crippen MR) is 222 cm³/mol. The lowest BCUT2D eigenvalue weighted by atomic mass is 9.92. The van der Waals surface area contributed by atoms with Gasteiger partial charge in [0.15, 0.2) is 0 Å². The van der Waals surface area contributed by atoms with Gasteiger partial charge >= 0.3 is 6.09 Å². The predicted octanol–water partition coefficient (Wildman–Crippen LogP) is 8.91. The van der Waals surface area contributed by atoms with Crippen molar-refractivity contribution in [1.29, 1.82) is 0 Å². The molecule has 5 heterocycles. The van der Waals surface area contributed by atoms with Crippen LogP contribution < -0.4 is 10.1 Å². The van der Waals surface area contributed by atoms with Crippen LogP contribution in [0.25, 0.3) is 44.2 Å². The smallest absolute Gasteiger partial charge is 0.407 e. The molecule has 0 aliphatic carbocycles. The van der Waals surface area contributed by atoms with Crippen LogP contribution in [0, 0.1) is 5.92 Å². The van der Waals surface area contributed by atoms with E-state index in [0.717, 1.165) is 93.4 Å². The monoisotopic (exact) mass is 779 g/mol. The first-order chi connectivity index (χ1) is 28.2. The minimum absolute atomic E-state index is 0.0413. The molecule has 2 saturated heterocycles. The van der Waals surface area contributed by atoms with Crippen LogP contribution in [-0.2, 0) is 20.9 Å². The molecular weight excluding hydrogens is 731 g/mol. The maximum absolute atomic E-state index is 14.1. The number of carbonyl (C=O) groups excluding carboxylic acids is 3. The summed E-state index contributed by atoms with van der Waals surface area (Å²) in [5, 5.41) is 4.74. The maximum atomic E-state index is 14.1. The van der Waals surface area contributed by atoms with Crippen molar-refractivity contribution in [2.45, 2.75) is 90.1 Å². The normalized spacial score (nSPS) is 19.8. The lowest BCUT2D eigenvalue weighted by Gasteiger charge is -2.28. The Kier molecular flexibility index (Phi) is 9.87. The van der Waals surface area contributed by atoms with Crippen molar-refractivity contribution in [3.05, 3.63) is 102 Å². The van der Waals surface area contributed by atoms with E-state index in [-0.39, 0.29) is 29.9 Å². The van der Waals surface area contributed by atoms with Gasteiger partial charge in [0.2, 0.25) is 5.91 Å². The highest BCUT2D eigenvalue weighted by molar-refractivity contribution is 6.07. The van der Waals surface area contributed by atoms with E-state index in [9.17, 15) is 14.4 Å². The molecule has 2 fully saturated rings. The molecule has 3 aliphatic rings. The molecule has 12 nitrogen and oxygen atoms in total. The van der Waals surface area contributed by atoms with Crippen LogP contribution in [-0.4, -0.2) is 67.3 Å². The van der Waals surface area contributed by atoms with E-state index in [2.05, 4.69) is 72.5 Å². The van der Waals surface area contributed by atoms with E-state index in [1.165, 1.54) is 7.11 Å². The van der Waals surface area contributed by atoms with Crippen molar-refractivity contribution in [3.8, 4) is 28.1 Å². The molecule has 298 valence electrons. The maximum Gasteiger partial charge on any atom is 0.407 e. The third-order valence-electron chi connectivity index (χ3n) is 12.4. The summed E-state index contributed by atoms with van der Waals surface area (Å²) >= 11 is 0. The first-order valence-corrected chi connectivity index (χ1v) is 20.5. The Hall–Kier alpha value is -6.17. The van der Waals surface area contributed by atoms with E-state index < -0.39 is 12.1 Å². The van der Waals surface area contributed by atoms with Gasteiger partial charge in [0.05, 0.1) is 42.1 Å². The largest absolute Gasteiger partial charge is 0.488 e. The van der Waals surface area contributed by atoms with Crippen molar-refractivity contribution in [2.24, 2.45) is 5.92 Å². The highest BCUT2D eigenvalue weighted by Gasteiger charge is 2.38. The van der Waals surface area contributed by atoms with E-state index >= 15 is 0 Å². The third kappa shape index (κ3) is 6.73. The number of H-pyrrole nitrogens is 2. The zero-order valence-corrected chi connectivity index (χ0v) is 33.4. The topological polar surface area (TPSA) is 146 Å². The molecule has 3 N–H and O–H groups in total. The number of rotatable bonds is 9. The first kappa shape index (κ1) is 37.4. The Morgan fingerprint density at radius 1 is 0.966 bits per heavy atom. The van der Waals surface area contributed by atoms with E-state index in [4.69, 9.17) is 19.4 Å². The average molecular weight is 780 g/mol. The van der Waals surface area contributed by atoms with Gasteiger partial charge in [-0.1, -0.05) is 68.8 Å². The van der Waals surface area contributed by atoms with E-state index in [1.807, 2.05) is 52.4 Å².